The van der Waals surface area contributed by atoms with Crippen LogP contribution < -0.4 is 5.32 Å². The van der Waals surface area contributed by atoms with Crippen LogP contribution in [0.2, 0.25) is 0 Å². The lowest BCUT2D eigenvalue weighted by Crippen LogP contribution is -2.37. The molecule has 1 amide bonds. The number of carbonyl (C=O) groups excluding carboxylic acids is 1. The molecule has 0 unspecified atom stereocenters. The van der Waals surface area contributed by atoms with Gasteiger partial charge in [-0.05, 0) is 31.9 Å². The van der Waals surface area contributed by atoms with E-state index < -0.39 is 10.0 Å². The molecule has 140 valence electrons. The number of rotatable bonds is 5. The summed E-state index contributed by atoms with van der Waals surface area (Å²) in [5, 5.41) is 6.69. The minimum Gasteiger partial charge on any atom is -0.343 e. The van der Waals surface area contributed by atoms with Crippen LogP contribution in [-0.4, -0.2) is 53.1 Å². The molecular weight excluding hydrogens is 358 g/mol. The summed E-state index contributed by atoms with van der Waals surface area (Å²) < 4.78 is 29.8. The molecular formula is C16H21N5O4S. The van der Waals surface area contributed by atoms with Crippen molar-refractivity contribution in [3.8, 4) is 0 Å². The van der Waals surface area contributed by atoms with E-state index in [-0.39, 0.29) is 18.4 Å². The average Bonchev–Trinajstić information content (AvgIpc) is 3.09. The second-order valence-corrected chi connectivity index (χ2v) is 8.34. The maximum absolute atomic E-state index is 12.1. The monoisotopic (exact) mass is 379 g/mol. The van der Waals surface area contributed by atoms with Gasteiger partial charge in [0, 0.05) is 30.9 Å². The van der Waals surface area contributed by atoms with Crippen molar-refractivity contribution in [1.82, 2.24) is 24.7 Å². The van der Waals surface area contributed by atoms with Gasteiger partial charge in [0.1, 0.15) is 0 Å². The first-order chi connectivity index (χ1) is 12.3. The van der Waals surface area contributed by atoms with E-state index in [2.05, 4.69) is 20.4 Å². The summed E-state index contributed by atoms with van der Waals surface area (Å²) in [5.74, 6) is 0.666. The molecule has 3 heterocycles. The summed E-state index contributed by atoms with van der Waals surface area (Å²) in [4.78, 5) is 20.5. The zero-order valence-corrected chi connectivity index (χ0v) is 15.5. The molecule has 10 heteroatoms. The molecule has 1 N–H and O–H groups in total. The number of nitrogens with one attached hydrogen (secondary N) is 1. The lowest BCUT2D eigenvalue weighted by molar-refractivity contribution is 0.0946. The van der Waals surface area contributed by atoms with Gasteiger partial charge < -0.3 is 9.84 Å². The van der Waals surface area contributed by atoms with E-state index in [1.807, 2.05) is 6.92 Å². The Balaban J connectivity index is 1.54. The SMILES string of the molecule is Cc1ccc(C(=O)NCc2nc(C3CCN(S(C)(=O)=O)CC3)no2)cn1. The van der Waals surface area contributed by atoms with Crippen molar-refractivity contribution in [3.63, 3.8) is 0 Å². The van der Waals surface area contributed by atoms with Gasteiger partial charge in [-0.15, -0.1) is 0 Å². The molecule has 1 aliphatic heterocycles. The average molecular weight is 379 g/mol. The van der Waals surface area contributed by atoms with Gasteiger partial charge in [-0.25, -0.2) is 12.7 Å². The number of piperidine rings is 1. The fraction of sp³-hybridized carbons (Fsp3) is 0.500. The van der Waals surface area contributed by atoms with Gasteiger partial charge in [-0.1, -0.05) is 5.16 Å². The van der Waals surface area contributed by atoms with Crippen LogP contribution in [-0.2, 0) is 16.6 Å². The maximum atomic E-state index is 12.1. The number of nitrogens with zero attached hydrogens (tertiary/aromatic N) is 4. The van der Waals surface area contributed by atoms with Gasteiger partial charge in [-0.2, -0.15) is 4.98 Å². The van der Waals surface area contributed by atoms with Gasteiger partial charge in [0.2, 0.25) is 15.9 Å². The van der Waals surface area contributed by atoms with E-state index in [9.17, 15) is 13.2 Å². The minimum atomic E-state index is -3.16. The Morgan fingerprint density at radius 1 is 1.35 bits per heavy atom. The summed E-state index contributed by atoms with van der Waals surface area (Å²) in [7, 11) is -3.16. The summed E-state index contributed by atoms with van der Waals surface area (Å²) in [6.07, 6.45) is 4.02. The smallest absolute Gasteiger partial charge is 0.253 e. The number of pyridine rings is 1. The molecule has 0 atom stereocenters. The van der Waals surface area contributed by atoms with Crippen LogP contribution >= 0.6 is 0 Å². The van der Waals surface area contributed by atoms with Crippen molar-refractivity contribution in [2.45, 2.75) is 32.2 Å². The van der Waals surface area contributed by atoms with Crippen molar-refractivity contribution in [1.29, 1.82) is 0 Å². The highest BCUT2D eigenvalue weighted by Crippen LogP contribution is 2.26. The number of hydrogen-bond donors (Lipinski definition) is 1. The third-order valence-electron chi connectivity index (χ3n) is 4.35. The minimum absolute atomic E-state index is 0.0579. The number of hydrogen-bond acceptors (Lipinski definition) is 7. The predicted octanol–water partition coefficient (Wildman–Crippen LogP) is 0.842. The van der Waals surface area contributed by atoms with Crippen molar-refractivity contribution >= 4 is 15.9 Å². The van der Waals surface area contributed by atoms with E-state index in [1.165, 1.54) is 16.8 Å². The zero-order chi connectivity index (χ0) is 18.7. The molecule has 0 bridgehead atoms. The molecule has 3 rings (SSSR count). The van der Waals surface area contributed by atoms with Crippen LogP contribution in [0.25, 0.3) is 0 Å². The highest BCUT2D eigenvalue weighted by atomic mass is 32.2. The molecule has 0 saturated carbocycles. The Bertz CT molecular complexity index is 870. The molecule has 1 fully saturated rings. The van der Waals surface area contributed by atoms with Gasteiger partial charge >= 0.3 is 0 Å². The first kappa shape index (κ1) is 18.5. The van der Waals surface area contributed by atoms with Crippen molar-refractivity contribution < 1.29 is 17.7 Å². The van der Waals surface area contributed by atoms with Crippen LogP contribution in [0, 0.1) is 6.92 Å². The fourth-order valence-corrected chi connectivity index (χ4v) is 3.69. The Morgan fingerprint density at radius 3 is 2.69 bits per heavy atom. The number of amides is 1. The summed E-state index contributed by atoms with van der Waals surface area (Å²) >= 11 is 0. The fourth-order valence-electron chi connectivity index (χ4n) is 2.81. The van der Waals surface area contributed by atoms with Crippen molar-refractivity contribution in [2.24, 2.45) is 0 Å². The quantitative estimate of drug-likeness (QED) is 0.818. The third-order valence-corrected chi connectivity index (χ3v) is 5.65. The van der Waals surface area contributed by atoms with E-state index in [0.29, 0.717) is 43.2 Å². The Morgan fingerprint density at radius 2 is 2.08 bits per heavy atom. The Hall–Kier alpha value is -2.33. The molecule has 9 nitrogen and oxygen atoms in total. The third kappa shape index (κ3) is 4.44. The lowest BCUT2D eigenvalue weighted by Gasteiger charge is -2.28. The van der Waals surface area contributed by atoms with E-state index >= 15 is 0 Å². The number of sulfonamides is 1. The summed E-state index contributed by atoms with van der Waals surface area (Å²) in [6, 6.07) is 3.47. The summed E-state index contributed by atoms with van der Waals surface area (Å²) in [6.45, 7) is 2.87. The first-order valence-electron chi connectivity index (χ1n) is 8.31. The van der Waals surface area contributed by atoms with Gasteiger partial charge in [-0.3, -0.25) is 9.78 Å². The highest BCUT2D eigenvalue weighted by molar-refractivity contribution is 7.88. The molecule has 0 aromatic carbocycles. The zero-order valence-electron chi connectivity index (χ0n) is 14.7. The van der Waals surface area contributed by atoms with E-state index in [0.717, 1.165) is 5.69 Å². The maximum Gasteiger partial charge on any atom is 0.253 e. The number of aromatic nitrogens is 3. The van der Waals surface area contributed by atoms with Crippen molar-refractivity contribution in [2.75, 3.05) is 19.3 Å². The first-order valence-corrected chi connectivity index (χ1v) is 10.2. The van der Waals surface area contributed by atoms with E-state index in [1.54, 1.807) is 12.1 Å². The molecule has 1 saturated heterocycles. The largest absolute Gasteiger partial charge is 0.343 e. The highest BCUT2D eigenvalue weighted by Gasteiger charge is 2.28. The normalized spacial score (nSPS) is 16.5. The number of aryl methyl sites for hydroxylation is 1. The molecule has 2 aromatic rings. The topological polar surface area (TPSA) is 118 Å². The van der Waals surface area contributed by atoms with Crippen molar-refractivity contribution in [3.05, 3.63) is 41.3 Å². The van der Waals surface area contributed by atoms with Gasteiger partial charge in [0.15, 0.2) is 5.82 Å². The second-order valence-electron chi connectivity index (χ2n) is 6.35. The van der Waals surface area contributed by atoms with Crippen LogP contribution in [0.15, 0.2) is 22.9 Å². The standard InChI is InChI=1S/C16H21N5O4S/c1-11-3-4-13(9-17-11)16(22)18-10-14-19-15(20-25-14)12-5-7-21(8-6-12)26(2,23)24/h3-4,9,12H,5-8,10H2,1-2H3,(H,18,22). The molecule has 0 aliphatic carbocycles. The second kappa shape index (κ2) is 7.50. The van der Waals surface area contributed by atoms with Crippen LogP contribution in [0.4, 0.5) is 0 Å². The molecule has 0 radical (unpaired) electrons. The van der Waals surface area contributed by atoms with Crippen LogP contribution in [0.1, 0.15) is 46.5 Å². The predicted molar refractivity (Wildman–Crippen MR) is 92.8 cm³/mol. The van der Waals surface area contributed by atoms with Gasteiger partial charge in [0.05, 0.1) is 18.4 Å². The summed E-state index contributed by atoms with van der Waals surface area (Å²) in [5.41, 5.74) is 1.30. The van der Waals surface area contributed by atoms with Gasteiger partial charge in [0.25, 0.3) is 5.91 Å². The molecule has 2 aromatic heterocycles. The van der Waals surface area contributed by atoms with Crippen LogP contribution in [0.5, 0.6) is 0 Å². The molecule has 26 heavy (non-hydrogen) atoms. The van der Waals surface area contributed by atoms with E-state index in [4.69, 9.17) is 4.52 Å². The lowest BCUT2D eigenvalue weighted by atomic mass is 9.98. The molecule has 0 spiro atoms. The number of carbonyl (C=O) groups is 1. The Kier molecular flexibility index (Phi) is 5.33. The molecule has 1 aliphatic rings. The Labute approximate surface area is 151 Å². The van der Waals surface area contributed by atoms with Crippen LogP contribution in [0.3, 0.4) is 0 Å².